The highest BCUT2D eigenvalue weighted by Gasteiger charge is 2.34. The molecule has 0 spiro atoms. The largest absolute Gasteiger partial charge is 0.378 e. The van der Waals surface area contributed by atoms with Gasteiger partial charge in [0.2, 0.25) is 0 Å². The summed E-state index contributed by atoms with van der Waals surface area (Å²) in [5, 5.41) is 0. The van der Waals surface area contributed by atoms with Crippen molar-refractivity contribution in [2.45, 2.75) is 85.2 Å². The average molecular weight is 280 g/mol. The van der Waals surface area contributed by atoms with Gasteiger partial charge in [-0.05, 0) is 55.8 Å². The average Bonchev–Trinajstić information content (AvgIpc) is 2.45. The topological polar surface area (TPSA) is 9.23 Å². The van der Waals surface area contributed by atoms with Crippen molar-refractivity contribution in [3.63, 3.8) is 0 Å². The molecule has 2 fully saturated rings. The van der Waals surface area contributed by atoms with Gasteiger partial charge in [-0.2, -0.15) is 0 Å². The first-order chi connectivity index (χ1) is 9.61. The minimum absolute atomic E-state index is 0.529. The van der Waals surface area contributed by atoms with E-state index in [1.165, 1.54) is 51.4 Å². The predicted octanol–water partition coefficient (Wildman–Crippen LogP) is 5.68. The molecule has 0 aromatic carbocycles. The Labute approximate surface area is 126 Å². The molecule has 0 aromatic rings. The Balaban J connectivity index is 1.73. The molecule has 1 heteroatoms. The lowest BCUT2D eigenvalue weighted by Gasteiger charge is -2.40. The fraction of sp³-hybridized carbons (Fsp3) is 1.00. The fourth-order valence-electron chi connectivity index (χ4n) is 4.60. The van der Waals surface area contributed by atoms with Crippen molar-refractivity contribution in [3.05, 3.63) is 0 Å². The van der Waals surface area contributed by atoms with Gasteiger partial charge >= 0.3 is 0 Å². The maximum absolute atomic E-state index is 5.92. The lowest BCUT2D eigenvalue weighted by molar-refractivity contribution is -0.0382. The van der Waals surface area contributed by atoms with Crippen LogP contribution in [0.25, 0.3) is 0 Å². The van der Waals surface area contributed by atoms with Gasteiger partial charge in [0, 0.05) is 6.61 Å². The summed E-state index contributed by atoms with van der Waals surface area (Å²) in [6, 6.07) is 0. The minimum atomic E-state index is 0.529. The van der Waals surface area contributed by atoms with Crippen molar-refractivity contribution in [1.29, 1.82) is 0 Å². The molecule has 0 heterocycles. The van der Waals surface area contributed by atoms with E-state index in [0.29, 0.717) is 6.10 Å². The van der Waals surface area contributed by atoms with Gasteiger partial charge in [-0.15, -0.1) is 0 Å². The van der Waals surface area contributed by atoms with E-state index in [0.717, 1.165) is 36.2 Å². The summed E-state index contributed by atoms with van der Waals surface area (Å²) in [4.78, 5) is 0. The van der Waals surface area contributed by atoms with Crippen LogP contribution in [0.3, 0.4) is 0 Å². The molecule has 4 atom stereocenters. The first-order valence-corrected chi connectivity index (χ1v) is 9.23. The van der Waals surface area contributed by atoms with Crippen LogP contribution >= 0.6 is 0 Å². The van der Waals surface area contributed by atoms with Crippen LogP contribution in [0.2, 0.25) is 0 Å². The molecule has 0 saturated heterocycles. The molecule has 118 valence electrons. The zero-order valence-electron chi connectivity index (χ0n) is 14.2. The molecule has 0 aliphatic heterocycles. The molecule has 0 N–H and O–H groups in total. The second-order valence-corrected chi connectivity index (χ2v) is 7.75. The molecule has 0 radical (unpaired) electrons. The summed E-state index contributed by atoms with van der Waals surface area (Å²) in [5.41, 5.74) is 0. The Morgan fingerprint density at radius 1 is 0.800 bits per heavy atom. The van der Waals surface area contributed by atoms with E-state index in [-0.39, 0.29) is 0 Å². The van der Waals surface area contributed by atoms with Gasteiger partial charge in [-0.1, -0.05) is 52.9 Å². The quantitative estimate of drug-likeness (QED) is 0.629. The highest BCUT2D eigenvalue weighted by molar-refractivity contribution is 4.84. The Hall–Kier alpha value is -0.0400. The standard InChI is InChI=1S/C19H36O/c1-5-20-19-13-12-18(15(3)16(19)4)11-10-17-8-6-14(2)7-9-17/h14-19H,5-13H2,1-4H3. The molecule has 0 bridgehead atoms. The van der Waals surface area contributed by atoms with E-state index >= 15 is 0 Å². The third kappa shape index (κ3) is 4.23. The van der Waals surface area contributed by atoms with Crippen LogP contribution in [0.1, 0.15) is 79.1 Å². The van der Waals surface area contributed by atoms with Crippen molar-refractivity contribution in [2.24, 2.45) is 29.6 Å². The van der Waals surface area contributed by atoms with Gasteiger partial charge in [0.1, 0.15) is 0 Å². The predicted molar refractivity (Wildman–Crippen MR) is 86.8 cm³/mol. The van der Waals surface area contributed by atoms with Crippen molar-refractivity contribution in [2.75, 3.05) is 6.61 Å². The van der Waals surface area contributed by atoms with Gasteiger partial charge < -0.3 is 4.74 Å². The summed E-state index contributed by atoms with van der Waals surface area (Å²) in [6.45, 7) is 10.3. The summed E-state index contributed by atoms with van der Waals surface area (Å²) >= 11 is 0. The maximum Gasteiger partial charge on any atom is 0.0603 e. The molecule has 20 heavy (non-hydrogen) atoms. The summed E-state index contributed by atoms with van der Waals surface area (Å²) in [5.74, 6) is 4.59. The van der Waals surface area contributed by atoms with Crippen LogP contribution in [0.4, 0.5) is 0 Å². The summed E-state index contributed by atoms with van der Waals surface area (Å²) < 4.78 is 5.92. The summed E-state index contributed by atoms with van der Waals surface area (Å²) in [6.07, 6.45) is 12.2. The molecule has 4 unspecified atom stereocenters. The fourth-order valence-corrected chi connectivity index (χ4v) is 4.60. The second kappa shape index (κ2) is 7.82. The van der Waals surface area contributed by atoms with E-state index in [4.69, 9.17) is 4.74 Å². The molecule has 1 nitrogen and oxygen atoms in total. The molecule has 2 rings (SSSR count). The number of rotatable bonds is 5. The normalized spacial score (nSPS) is 42.6. The molecule has 0 aromatic heterocycles. The molecule has 2 aliphatic carbocycles. The van der Waals surface area contributed by atoms with E-state index in [2.05, 4.69) is 27.7 Å². The van der Waals surface area contributed by atoms with Crippen molar-refractivity contribution in [3.8, 4) is 0 Å². The monoisotopic (exact) mass is 280 g/mol. The van der Waals surface area contributed by atoms with Crippen LogP contribution < -0.4 is 0 Å². The number of hydrogen-bond acceptors (Lipinski definition) is 1. The van der Waals surface area contributed by atoms with Gasteiger partial charge in [0.15, 0.2) is 0 Å². The zero-order valence-corrected chi connectivity index (χ0v) is 14.2. The highest BCUT2D eigenvalue weighted by atomic mass is 16.5. The van der Waals surface area contributed by atoms with E-state index in [1.54, 1.807) is 0 Å². The van der Waals surface area contributed by atoms with E-state index < -0.39 is 0 Å². The van der Waals surface area contributed by atoms with Gasteiger partial charge in [-0.3, -0.25) is 0 Å². The molecule has 0 amide bonds. The molecule has 2 aliphatic rings. The van der Waals surface area contributed by atoms with Crippen LogP contribution in [0.15, 0.2) is 0 Å². The van der Waals surface area contributed by atoms with Gasteiger partial charge in [0.25, 0.3) is 0 Å². The van der Waals surface area contributed by atoms with Crippen molar-refractivity contribution in [1.82, 2.24) is 0 Å². The third-order valence-electron chi connectivity index (χ3n) is 6.44. The van der Waals surface area contributed by atoms with Gasteiger partial charge in [0.05, 0.1) is 6.10 Å². The Morgan fingerprint density at radius 3 is 2.15 bits per heavy atom. The lowest BCUT2D eigenvalue weighted by Crippen LogP contribution is -2.36. The first-order valence-electron chi connectivity index (χ1n) is 9.23. The Morgan fingerprint density at radius 2 is 1.50 bits per heavy atom. The first kappa shape index (κ1) is 16.3. The van der Waals surface area contributed by atoms with Gasteiger partial charge in [-0.25, -0.2) is 0 Å². The molecular weight excluding hydrogens is 244 g/mol. The Kier molecular flexibility index (Phi) is 6.39. The third-order valence-corrected chi connectivity index (χ3v) is 6.44. The van der Waals surface area contributed by atoms with Crippen LogP contribution in [-0.4, -0.2) is 12.7 Å². The Bertz CT molecular complexity index is 267. The van der Waals surface area contributed by atoms with Crippen molar-refractivity contribution >= 4 is 0 Å². The molecular formula is C19H36O. The molecule has 2 saturated carbocycles. The second-order valence-electron chi connectivity index (χ2n) is 7.75. The number of ether oxygens (including phenoxy) is 1. The van der Waals surface area contributed by atoms with Crippen LogP contribution in [0, 0.1) is 29.6 Å². The smallest absolute Gasteiger partial charge is 0.0603 e. The zero-order chi connectivity index (χ0) is 14.5. The van der Waals surface area contributed by atoms with Crippen LogP contribution in [-0.2, 0) is 4.74 Å². The van der Waals surface area contributed by atoms with Crippen LogP contribution in [0.5, 0.6) is 0 Å². The van der Waals surface area contributed by atoms with Crippen molar-refractivity contribution < 1.29 is 4.74 Å². The minimum Gasteiger partial charge on any atom is -0.378 e. The number of hydrogen-bond donors (Lipinski definition) is 0. The SMILES string of the molecule is CCOC1CCC(CCC2CCC(C)CC2)C(C)C1C. The highest BCUT2D eigenvalue weighted by Crippen LogP contribution is 2.40. The van der Waals surface area contributed by atoms with E-state index in [1.807, 2.05) is 0 Å². The lowest BCUT2D eigenvalue weighted by atomic mass is 9.69. The summed E-state index contributed by atoms with van der Waals surface area (Å²) in [7, 11) is 0. The maximum atomic E-state index is 5.92. The van der Waals surface area contributed by atoms with E-state index in [9.17, 15) is 0 Å².